The Morgan fingerprint density at radius 2 is 1.77 bits per heavy atom. The van der Waals surface area contributed by atoms with E-state index in [9.17, 15) is 4.79 Å². The standard InChI is InChI=1S/C19H22N2O/c1-13(2)21-11-3-4-14-5-6-16(12-18(14)21)19(22)15-7-9-17(20)10-8-15/h5-10,12-13H,3-4,11,20H2,1-2H3. The van der Waals surface area contributed by atoms with Gasteiger partial charge in [-0.3, -0.25) is 4.79 Å². The number of nitrogens with two attached hydrogens (primary N) is 1. The van der Waals surface area contributed by atoms with Crippen LogP contribution in [0.25, 0.3) is 0 Å². The molecule has 1 aliphatic heterocycles. The summed E-state index contributed by atoms with van der Waals surface area (Å²) in [7, 11) is 0. The van der Waals surface area contributed by atoms with E-state index in [4.69, 9.17) is 5.73 Å². The smallest absolute Gasteiger partial charge is 0.193 e. The molecule has 114 valence electrons. The van der Waals surface area contributed by atoms with Gasteiger partial charge in [-0.25, -0.2) is 0 Å². The molecule has 2 aromatic rings. The average molecular weight is 294 g/mol. The Balaban J connectivity index is 1.97. The van der Waals surface area contributed by atoms with Crippen LogP contribution in [0.2, 0.25) is 0 Å². The molecule has 0 spiro atoms. The van der Waals surface area contributed by atoms with Crippen molar-refractivity contribution in [1.29, 1.82) is 0 Å². The van der Waals surface area contributed by atoms with Crippen LogP contribution in [0.3, 0.4) is 0 Å². The van der Waals surface area contributed by atoms with E-state index < -0.39 is 0 Å². The van der Waals surface area contributed by atoms with Crippen LogP contribution in [0, 0.1) is 0 Å². The van der Waals surface area contributed by atoms with E-state index in [1.54, 1.807) is 24.3 Å². The van der Waals surface area contributed by atoms with Crippen molar-refractivity contribution in [2.45, 2.75) is 32.7 Å². The van der Waals surface area contributed by atoms with E-state index in [1.165, 1.54) is 17.7 Å². The molecular formula is C19H22N2O. The maximum Gasteiger partial charge on any atom is 0.193 e. The largest absolute Gasteiger partial charge is 0.399 e. The number of ketones is 1. The number of hydrogen-bond acceptors (Lipinski definition) is 3. The first-order chi connectivity index (χ1) is 10.6. The van der Waals surface area contributed by atoms with E-state index in [-0.39, 0.29) is 5.78 Å². The zero-order valence-electron chi connectivity index (χ0n) is 13.2. The molecule has 1 heterocycles. The summed E-state index contributed by atoms with van der Waals surface area (Å²) in [5, 5.41) is 0. The lowest BCUT2D eigenvalue weighted by Gasteiger charge is -2.35. The van der Waals surface area contributed by atoms with E-state index in [2.05, 4.69) is 24.8 Å². The molecule has 3 heteroatoms. The summed E-state index contributed by atoms with van der Waals surface area (Å²) >= 11 is 0. The van der Waals surface area contributed by atoms with Crippen molar-refractivity contribution in [2.75, 3.05) is 17.2 Å². The van der Waals surface area contributed by atoms with Gasteiger partial charge in [0.1, 0.15) is 0 Å². The molecule has 0 radical (unpaired) electrons. The molecule has 0 amide bonds. The van der Waals surface area contributed by atoms with Gasteiger partial charge in [0.05, 0.1) is 0 Å². The Hall–Kier alpha value is -2.29. The van der Waals surface area contributed by atoms with Gasteiger partial charge in [-0.15, -0.1) is 0 Å². The van der Waals surface area contributed by atoms with Crippen molar-refractivity contribution in [2.24, 2.45) is 0 Å². The second-order valence-corrected chi connectivity index (χ2v) is 6.19. The van der Waals surface area contributed by atoms with Crippen molar-refractivity contribution in [3.8, 4) is 0 Å². The van der Waals surface area contributed by atoms with Gasteiger partial charge in [-0.2, -0.15) is 0 Å². The van der Waals surface area contributed by atoms with Gasteiger partial charge in [-0.05, 0) is 62.6 Å². The molecule has 0 bridgehead atoms. The quantitative estimate of drug-likeness (QED) is 0.694. The molecule has 0 unspecified atom stereocenters. The molecular weight excluding hydrogens is 272 g/mol. The fourth-order valence-electron chi connectivity index (χ4n) is 3.08. The Morgan fingerprint density at radius 1 is 1.09 bits per heavy atom. The lowest BCUT2D eigenvalue weighted by Crippen LogP contribution is -2.35. The van der Waals surface area contributed by atoms with Crippen molar-refractivity contribution < 1.29 is 4.79 Å². The normalized spacial score (nSPS) is 14.0. The summed E-state index contributed by atoms with van der Waals surface area (Å²) in [6, 6.07) is 13.7. The SMILES string of the molecule is CC(C)N1CCCc2ccc(C(=O)c3ccc(N)cc3)cc21. The van der Waals surface area contributed by atoms with Gasteiger partial charge in [-0.1, -0.05) is 12.1 Å². The van der Waals surface area contributed by atoms with Crippen molar-refractivity contribution in [1.82, 2.24) is 0 Å². The zero-order valence-corrected chi connectivity index (χ0v) is 13.2. The molecule has 1 aliphatic rings. The number of nitrogens with zero attached hydrogens (tertiary/aromatic N) is 1. The van der Waals surface area contributed by atoms with Gasteiger partial charge >= 0.3 is 0 Å². The van der Waals surface area contributed by atoms with Crippen LogP contribution in [0.1, 0.15) is 41.8 Å². The van der Waals surface area contributed by atoms with E-state index in [0.29, 0.717) is 17.3 Å². The zero-order chi connectivity index (χ0) is 15.7. The molecule has 0 saturated heterocycles. The highest BCUT2D eigenvalue weighted by molar-refractivity contribution is 6.09. The van der Waals surface area contributed by atoms with Crippen LogP contribution < -0.4 is 10.6 Å². The summed E-state index contributed by atoms with van der Waals surface area (Å²) in [5.74, 6) is 0.0529. The van der Waals surface area contributed by atoms with E-state index >= 15 is 0 Å². The fraction of sp³-hybridized carbons (Fsp3) is 0.316. The van der Waals surface area contributed by atoms with Gasteiger partial charge in [0.15, 0.2) is 5.78 Å². The first kappa shape index (κ1) is 14.6. The number of rotatable bonds is 3. The lowest BCUT2D eigenvalue weighted by atomic mass is 9.95. The summed E-state index contributed by atoms with van der Waals surface area (Å²) in [5.41, 5.74) is 10.3. The molecule has 3 nitrogen and oxygen atoms in total. The average Bonchev–Trinajstić information content (AvgIpc) is 2.53. The summed E-state index contributed by atoms with van der Waals surface area (Å²) in [6.45, 7) is 5.46. The highest BCUT2D eigenvalue weighted by Crippen LogP contribution is 2.30. The number of nitrogen functional groups attached to an aromatic ring is 1. The van der Waals surface area contributed by atoms with Crippen LogP contribution in [0.5, 0.6) is 0 Å². The minimum atomic E-state index is 0.0529. The molecule has 0 fully saturated rings. The maximum absolute atomic E-state index is 12.7. The predicted molar refractivity (Wildman–Crippen MR) is 91.5 cm³/mol. The molecule has 0 aliphatic carbocycles. The second-order valence-electron chi connectivity index (χ2n) is 6.19. The molecule has 22 heavy (non-hydrogen) atoms. The maximum atomic E-state index is 12.7. The molecule has 0 saturated carbocycles. The minimum absolute atomic E-state index is 0.0529. The van der Waals surface area contributed by atoms with Crippen molar-refractivity contribution >= 4 is 17.2 Å². The van der Waals surface area contributed by atoms with Gasteiger partial charge < -0.3 is 10.6 Å². The Morgan fingerprint density at radius 3 is 2.45 bits per heavy atom. The first-order valence-electron chi connectivity index (χ1n) is 7.86. The van der Waals surface area contributed by atoms with E-state index in [0.717, 1.165) is 18.5 Å². The monoisotopic (exact) mass is 294 g/mol. The number of carbonyl (C=O) groups excluding carboxylic acids is 1. The number of anilines is 2. The first-order valence-corrected chi connectivity index (χ1v) is 7.86. The molecule has 2 N–H and O–H groups in total. The number of aryl methyl sites for hydroxylation is 1. The highest BCUT2D eigenvalue weighted by Gasteiger charge is 2.21. The van der Waals surface area contributed by atoms with Crippen LogP contribution in [0.15, 0.2) is 42.5 Å². The molecule has 3 rings (SSSR count). The summed E-state index contributed by atoms with van der Waals surface area (Å²) < 4.78 is 0. The minimum Gasteiger partial charge on any atom is -0.399 e. The predicted octanol–water partition coefficient (Wildman–Crippen LogP) is 3.66. The molecule has 0 aromatic heterocycles. The summed E-state index contributed by atoms with van der Waals surface area (Å²) in [6.07, 6.45) is 2.27. The van der Waals surface area contributed by atoms with Gasteiger partial charge in [0.2, 0.25) is 0 Å². The number of benzene rings is 2. The molecule has 0 atom stereocenters. The number of fused-ring (bicyclic) bond motifs is 1. The third kappa shape index (κ3) is 2.71. The Bertz CT molecular complexity index is 689. The van der Waals surface area contributed by atoms with Crippen LogP contribution in [0.4, 0.5) is 11.4 Å². The third-order valence-electron chi connectivity index (χ3n) is 4.30. The Labute approximate surface area is 131 Å². The van der Waals surface area contributed by atoms with Crippen LogP contribution in [-0.2, 0) is 6.42 Å². The molecule has 2 aromatic carbocycles. The van der Waals surface area contributed by atoms with Crippen LogP contribution >= 0.6 is 0 Å². The van der Waals surface area contributed by atoms with Gasteiger partial charge in [0, 0.05) is 35.1 Å². The van der Waals surface area contributed by atoms with Crippen LogP contribution in [-0.4, -0.2) is 18.4 Å². The van der Waals surface area contributed by atoms with Gasteiger partial charge in [0.25, 0.3) is 0 Å². The highest BCUT2D eigenvalue weighted by atomic mass is 16.1. The Kier molecular flexibility index (Phi) is 3.88. The third-order valence-corrected chi connectivity index (χ3v) is 4.30. The van der Waals surface area contributed by atoms with Crippen molar-refractivity contribution in [3.63, 3.8) is 0 Å². The number of hydrogen-bond donors (Lipinski definition) is 1. The second kappa shape index (κ2) is 5.84. The van der Waals surface area contributed by atoms with Crippen molar-refractivity contribution in [3.05, 3.63) is 59.2 Å². The number of carbonyl (C=O) groups is 1. The van der Waals surface area contributed by atoms with E-state index in [1.807, 2.05) is 12.1 Å². The fourth-order valence-corrected chi connectivity index (χ4v) is 3.08. The topological polar surface area (TPSA) is 46.3 Å². The lowest BCUT2D eigenvalue weighted by molar-refractivity contribution is 0.103. The summed E-state index contributed by atoms with van der Waals surface area (Å²) in [4.78, 5) is 15.0.